The average Bonchev–Trinajstić information content (AvgIpc) is 3.19. The number of esters is 3. The van der Waals surface area contributed by atoms with E-state index in [1.54, 1.807) is 76.3 Å². The summed E-state index contributed by atoms with van der Waals surface area (Å²) in [5.41, 5.74) is 0.633. The molecule has 3 aromatic heterocycles. The summed E-state index contributed by atoms with van der Waals surface area (Å²) in [7, 11) is 5.85. The Labute approximate surface area is 345 Å². The fourth-order valence-corrected chi connectivity index (χ4v) is 6.20. The van der Waals surface area contributed by atoms with Crippen LogP contribution in [0.15, 0.2) is 64.2 Å². The van der Waals surface area contributed by atoms with E-state index in [1.165, 1.54) is 32.0 Å². The number of pyridine rings is 3. The number of hydrogen-bond acceptors (Lipinski definition) is 13. The van der Waals surface area contributed by atoms with Crippen LogP contribution in [0.4, 0.5) is 0 Å². The summed E-state index contributed by atoms with van der Waals surface area (Å²) in [6.07, 6.45) is 0. The van der Waals surface area contributed by atoms with Crippen molar-refractivity contribution in [3.05, 3.63) is 107 Å². The highest BCUT2D eigenvalue weighted by Gasteiger charge is 2.25. The maximum Gasteiger partial charge on any atom is 0.342 e. The molecular formula is C40H38Cl3N3O12. The fourth-order valence-electron chi connectivity index (χ4n) is 5.68. The third-order valence-electron chi connectivity index (χ3n) is 8.18. The first kappa shape index (κ1) is 44.7. The van der Waals surface area contributed by atoms with E-state index in [0.29, 0.717) is 47.8 Å². The van der Waals surface area contributed by atoms with Crippen molar-refractivity contribution in [1.82, 2.24) is 14.5 Å². The Morgan fingerprint density at radius 3 is 1.69 bits per heavy atom. The highest BCUT2D eigenvalue weighted by Crippen LogP contribution is 2.36. The molecule has 6 aromatic rings. The molecule has 15 nitrogen and oxygen atoms in total. The fraction of sp³-hybridized carbons (Fsp3) is 0.250. The smallest absolute Gasteiger partial charge is 0.342 e. The number of carbonyl (C=O) groups is 3. The molecule has 3 aromatic carbocycles. The minimum absolute atomic E-state index is 0.0410. The lowest BCUT2D eigenvalue weighted by Crippen LogP contribution is -2.23. The quantitative estimate of drug-likeness (QED) is 0.107. The molecule has 0 aliphatic carbocycles. The van der Waals surface area contributed by atoms with Crippen molar-refractivity contribution in [3.8, 4) is 23.1 Å². The monoisotopic (exact) mass is 857 g/mol. The van der Waals surface area contributed by atoms with Crippen LogP contribution in [0.2, 0.25) is 15.1 Å². The number of halogens is 3. The molecule has 0 aliphatic heterocycles. The number of aromatic amines is 1. The second kappa shape index (κ2) is 19.9. The van der Waals surface area contributed by atoms with Gasteiger partial charge in [0.2, 0.25) is 0 Å². The molecule has 0 unspecified atom stereocenters. The van der Waals surface area contributed by atoms with Crippen LogP contribution < -0.4 is 25.3 Å². The van der Waals surface area contributed by atoms with Crippen LogP contribution in [-0.4, -0.2) is 78.7 Å². The van der Waals surface area contributed by atoms with E-state index < -0.39 is 34.8 Å². The van der Waals surface area contributed by atoms with E-state index in [1.807, 2.05) is 0 Å². The van der Waals surface area contributed by atoms with Crippen molar-refractivity contribution in [2.45, 2.75) is 20.8 Å². The molecule has 0 atom stereocenters. The van der Waals surface area contributed by atoms with Gasteiger partial charge in [-0.1, -0.05) is 34.8 Å². The molecule has 0 aliphatic rings. The van der Waals surface area contributed by atoms with Gasteiger partial charge < -0.3 is 43.1 Å². The SMILES string of the molecule is CCOC(=O)c1c(O)c(=O)[nH]c2ccc(Cl)cc12.CCOC(=O)c1c(OC)c(=O)n(C)c2ccc(Cl)cc12.CCOC(=O)c1c(OC)c(OC)nc2ccc(Cl)cc12. The number of hydrogen-bond donors (Lipinski definition) is 2. The standard InChI is InChI=1S/2C14H14ClNO4.C12H10ClNO4/c1-4-20-14(17)11-9-7-8(15)5-6-10(9)16-13(19-3)12(11)18-2;1-4-20-14(18)11-9-7-8(15)5-6-10(9)16(2)13(17)12(11)19-3;1-2-18-12(17)9-7-5-6(13)3-4-8(7)14-11(16)10(9)15/h2*5-7H,4H2,1-3H3;3-5,15H,2H2,1H3,(H,14,16). The number of nitrogens with one attached hydrogen (secondary N) is 1. The second-order valence-electron chi connectivity index (χ2n) is 11.7. The zero-order valence-electron chi connectivity index (χ0n) is 32.3. The summed E-state index contributed by atoms with van der Waals surface area (Å²) >= 11 is 17.8. The van der Waals surface area contributed by atoms with Gasteiger partial charge in [0.15, 0.2) is 17.2 Å². The summed E-state index contributed by atoms with van der Waals surface area (Å²) in [5, 5.41) is 12.5. The van der Waals surface area contributed by atoms with Gasteiger partial charge in [-0.2, -0.15) is 0 Å². The van der Waals surface area contributed by atoms with Gasteiger partial charge in [-0.25, -0.2) is 19.4 Å². The first-order chi connectivity index (χ1) is 27.7. The van der Waals surface area contributed by atoms with Gasteiger partial charge in [0, 0.05) is 43.8 Å². The molecule has 0 amide bonds. The largest absolute Gasteiger partial charge is 0.502 e. The molecule has 18 heteroatoms. The zero-order chi connectivity index (χ0) is 42.8. The summed E-state index contributed by atoms with van der Waals surface area (Å²) in [6, 6.07) is 14.6. The number of aryl methyl sites for hydroxylation is 1. The van der Waals surface area contributed by atoms with E-state index >= 15 is 0 Å². The van der Waals surface area contributed by atoms with Crippen LogP contribution in [0.1, 0.15) is 51.8 Å². The van der Waals surface area contributed by atoms with Crippen molar-refractivity contribution in [1.29, 1.82) is 0 Å². The van der Waals surface area contributed by atoms with Gasteiger partial charge in [0.25, 0.3) is 17.0 Å². The average molecular weight is 859 g/mol. The Balaban J connectivity index is 0.000000193. The Morgan fingerprint density at radius 2 is 1.16 bits per heavy atom. The normalized spacial score (nSPS) is 10.5. The lowest BCUT2D eigenvalue weighted by molar-refractivity contribution is 0.0514. The summed E-state index contributed by atoms with van der Waals surface area (Å²) < 4.78 is 31.8. The first-order valence-corrected chi connectivity index (χ1v) is 18.4. The van der Waals surface area contributed by atoms with Crippen LogP contribution in [-0.2, 0) is 21.3 Å². The number of rotatable bonds is 9. The van der Waals surface area contributed by atoms with Crippen molar-refractivity contribution in [2.24, 2.45) is 7.05 Å². The van der Waals surface area contributed by atoms with Gasteiger partial charge in [-0.05, 0) is 75.4 Å². The summed E-state index contributed by atoms with van der Waals surface area (Å²) in [6.45, 7) is 5.68. The molecule has 0 saturated heterocycles. The number of aromatic nitrogens is 3. The number of fused-ring (bicyclic) bond motifs is 3. The maximum absolute atomic E-state index is 12.2. The number of ether oxygens (including phenoxy) is 6. The highest BCUT2D eigenvalue weighted by atomic mass is 35.5. The van der Waals surface area contributed by atoms with E-state index in [2.05, 4.69) is 9.97 Å². The molecule has 0 fully saturated rings. The van der Waals surface area contributed by atoms with Gasteiger partial charge in [-0.3, -0.25) is 9.59 Å². The highest BCUT2D eigenvalue weighted by molar-refractivity contribution is 6.32. The molecule has 0 bridgehead atoms. The molecular weight excluding hydrogens is 821 g/mol. The van der Waals surface area contributed by atoms with Crippen LogP contribution in [0.3, 0.4) is 0 Å². The topological polar surface area (TPSA) is 195 Å². The molecule has 306 valence electrons. The molecule has 0 spiro atoms. The van der Waals surface area contributed by atoms with Gasteiger partial charge in [0.05, 0.1) is 52.2 Å². The predicted octanol–water partition coefficient (Wildman–Crippen LogP) is 7.52. The molecule has 58 heavy (non-hydrogen) atoms. The van der Waals surface area contributed by atoms with Crippen molar-refractivity contribution >= 4 is 85.4 Å². The molecule has 6 rings (SSSR count). The number of carbonyl (C=O) groups excluding carboxylic acids is 3. The van der Waals surface area contributed by atoms with Crippen LogP contribution >= 0.6 is 34.8 Å². The van der Waals surface area contributed by atoms with E-state index in [-0.39, 0.29) is 53.9 Å². The first-order valence-electron chi connectivity index (χ1n) is 17.3. The van der Waals surface area contributed by atoms with Crippen LogP contribution in [0.25, 0.3) is 32.7 Å². The van der Waals surface area contributed by atoms with Crippen molar-refractivity contribution < 1.29 is 47.9 Å². The van der Waals surface area contributed by atoms with E-state index in [9.17, 15) is 29.1 Å². The van der Waals surface area contributed by atoms with Gasteiger partial charge in [-0.15, -0.1) is 0 Å². The van der Waals surface area contributed by atoms with Crippen molar-refractivity contribution in [3.63, 3.8) is 0 Å². The number of benzene rings is 3. The third-order valence-corrected chi connectivity index (χ3v) is 8.88. The van der Waals surface area contributed by atoms with E-state index in [0.717, 1.165) is 0 Å². The predicted molar refractivity (Wildman–Crippen MR) is 220 cm³/mol. The number of H-pyrrole nitrogens is 1. The summed E-state index contributed by atoms with van der Waals surface area (Å²) in [5.74, 6) is -2.10. The molecule has 0 radical (unpaired) electrons. The Hall–Kier alpha value is -6.03. The Kier molecular flexibility index (Phi) is 15.3. The minimum atomic E-state index is -0.756. The molecule has 0 saturated carbocycles. The second-order valence-corrected chi connectivity index (χ2v) is 13.0. The zero-order valence-corrected chi connectivity index (χ0v) is 34.6. The van der Waals surface area contributed by atoms with E-state index in [4.69, 9.17) is 63.2 Å². The molecule has 3 heterocycles. The molecule has 2 N–H and O–H groups in total. The van der Waals surface area contributed by atoms with Gasteiger partial charge >= 0.3 is 17.9 Å². The Morgan fingerprint density at radius 1 is 0.672 bits per heavy atom. The lowest BCUT2D eigenvalue weighted by atomic mass is 10.1. The number of methoxy groups -OCH3 is 3. The Bertz CT molecular complexity index is 2640. The van der Waals surface area contributed by atoms with Crippen molar-refractivity contribution in [2.75, 3.05) is 41.2 Å². The third kappa shape index (κ3) is 9.56. The minimum Gasteiger partial charge on any atom is -0.502 e. The maximum atomic E-state index is 12.2. The number of nitrogens with zero attached hydrogens (tertiary/aromatic N) is 2. The summed E-state index contributed by atoms with van der Waals surface area (Å²) in [4.78, 5) is 66.5. The lowest BCUT2D eigenvalue weighted by Gasteiger charge is -2.14. The number of aromatic hydroxyl groups is 1. The van der Waals surface area contributed by atoms with Crippen LogP contribution in [0.5, 0.6) is 23.1 Å². The van der Waals surface area contributed by atoms with Crippen LogP contribution in [0, 0.1) is 0 Å². The van der Waals surface area contributed by atoms with Gasteiger partial charge in [0.1, 0.15) is 16.7 Å².